The van der Waals surface area contributed by atoms with Crippen molar-refractivity contribution in [2.45, 2.75) is 57.4 Å². The van der Waals surface area contributed by atoms with Gasteiger partial charge in [-0.15, -0.1) is 11.6 Å². The van der Waals surface area contributed by atoms with Crippen LogP contribution in [0.5, 0.6) is 11.5 Å². The molecular formula is C50H67ClN8O12. The highest BCUT2D eigenvalue weighted by Crippen LogP contribution is 2.35. The molecule has 1 aliphatic heterocycles. The first-order valence-corrected chi connectivity index (χ1v) is 24.6. The molecule has 3 amide bonds. The highest BCUT2D eigenvalue weighted by Gasteiger charge is 2.28. The van der Waals surface area contributed by atoms with Gasteiger partial charge < -0.3 is 59.2 Å². The minimum atomic E-state index is -0.667. The van der Waals surface area contributed by atoms with Crippen LogP contribution in [0.15, 0.2) is 85.2 Å². The average Bonchev–Trinajstić information content (AvgIpc) is 3.78. The maximum Gasteiger partial charge on any atom is 0.407 e. The van der Waals surface area contributed by atoms with Crippen molar-refractivity contribution in [1.29, 1.82) is 0 Å². The quantitative estimate of drug-likeness (QED) is 0.0111. The molecule has 0 spiro atoms. The Morgan fingerprint density at radius 2 is 1.39 bits per heavy atom. The van der Waals surface area contributed by atoms with Gasteiger partial charge in [-0.05, 0) is 80.7 Å². The number of hydrogen-bond acceptors (Lipinski definition) is 16. The number of hydrogen-bond donors (Lipinski definition) is 3. The van der Waals surface area contributed by atoms with Gasteiger partial charge in [0.15, 0.2) is 5.65 Å². The average molecular weight is 1010 g/mol. The molecular weight excluding hydrogens is 940 g/mol. The van der Waals surface area contributed by atoms with Crippen LogP contribution in [0.1, 0.15) is 57.4 Å². The number of rotatable bonds is 33. The summed E-state index contributed by atoms with van der Waals surface area (Å²) in [7, 11) is 0. The van der Waals surface area contributed by atoms with Crippen LogP contribution in [0, 0.1) is 0 Å². The van der Waals surface area contributed by atoms with E-state index < -0.39 is 12.2 Å². The van der Waals surface area contributed by atoms with Gasteiger partial charge in [-0.3, -0.25) is 9.59 Å². The van der Waals surface area contributed by atoms with E-state index >= 15 is 0 Å². The van der Waals surface area contributed by atoms with Crippen molar-refractivity contribution in [1.82, 2.24) is 35.3 Å². The number of nitrogens with two attached hydrogens (primary N) is 1. The molecule has 1 atom stereocenters. The largest absolute Gasteiger partial charge is 0.461 e. The Kier molecular flexibility index (Phi) is 26.1. The fourth-order valence-corrected chi connectivity index (χ4v) is 7.32. The van der Waals surface area contributed by atoms with E-state index in [1.165, 1.54) is 12.4 Å². The lowest BCUT2D eigenvalue weighted by Gasteiger charge is -2.32. The third-order valence-corrected chi connectivity index (χ3v) is 11.0. The number of ether oxygens (including phenoxy) is 8. The molecule has 1 fully saturated rings. The number of aromatic nitrogens is 4. The van der Waals surface area contributed by atoms with Gasteiger partial charge in [0.1, 0.15) is 49.2 Å². The van der Waals surface area contributed by atoms with Crippen LogP contribution in [-0.2, 0) is 42.7 Å². The lowest BCUT2D eigenvalue weighted by atomic mass is 10.1. The maximum absolute atomic E-state index is 13.2. The number of nitrogen functional groups attached to an aromatic ring is 1. The number of fused-ring (bicyclic) bond motifs is 1. The molecule has 1 aliphatic rings. The number of amides is 3. The molecule has 386 valence electrons. The van der Waals surface area contributed by atoms with Crippen LogP contribution in [0.25, 0.3) is 22.3 Å². The Bertz CT molecular complexity index is 2250. The molecule has 4 N–H and O–H groups in total. The SMILES string of the molecule is Nc1ncnc2c1c(-c1ccc(Oc3ccccc3)cc1)nn2[C@@H]1CCCN(C(=O)/C=C/CNC(=O)OC/C=C/COC(=O)CCCOCCOCCOC(=O)NCCOCCOCCCCCCCl)C1. The Hall–Kier alpha value is -6.32. The molecule has 1 saturated heterocycles. The smallest absolute Gasteiger partial charge is 0.407 e. The predicted octanol–water partition coefficient (Wildman–Crippen LogP) is 6.79. The van der Waals surface area contributed by atoms with Crippen molar-refractivity contribution in [3.8, 4) is 22.8 Å². The molecule has 0 aliphatic carbocycles. The van der Waals surface area contributed by atoms with Crippen molar-refractivity contribution in [3.63, 3.8) is 0 Å². The van der Waals surface area contributed by atoms with E-state index in [-0.39, 0.29) is 57.3 Å². The summed E-state index contributed by atoms with van der Waals surface area (Å²) in [6.45, 7) is 4.74. The Labute approximate surface area is 419 Å². The van der Waals surface area contributed by atoms with E-state index in [1.807, 2.05) is 59.3 Å². The number of alkyl halides is 1. The number of benzene rings is 2. The topological polar surface area (TPSA) is 239 Å². The van der Waals surface area contributed by atoms with Crippen LogP contribution < -0.4 is 21.1 Å². The summed E-state index contributed by atoms with van der Waals surface area (Å²) >= 11 is 5.66. The summed E-state index contributed by atoms with van der Waals surface area (Å²) in [4.78, 5) is 59.7. The number of halogens is 1. The first-order valence-electron chi connectivity index (χ1n) is 24.1. The van der Waals surface area contributed by atoms with Gasteiger partial charge in [0, 0.05) is 63.3 Å². The van der Waals surface area contributed by atoms with E-state index in [2.05, 4.69) is 20.6 Å². The summed E-state index contributed by atoms with van der Waals surface area (Å²) in [6, 6.07) is 16.9. The van der Waals surface area contributed by atoms with Gasteiger partial charge in [-0.25, -0.2) is 24.2 Å². The van der Waals surface area contributed by atoms with Crippen LogP contribution in [0.2, 0.25) is 0 Å². The molecule has 21 heteroatoms. The van der Waals surface area contributed by atoms with Crippen LogP contribution >= 0.6 is 11.6 Å². The highest BCUT2D eigenvalue weighted by atomic mass is 35.5. The Morgan fingerprint density at radius 1 is 0.718 bits per heavy atom. The van der Waals surface area contributed by atoms with Gasteiger partial charge in [0.05, 0.1) is 51.1 Å². The summed E-state index contributed by atoms with van der Waals surface area (Å²) in [5.74, 6) is 1.84. The van der Waals surface area contributed by atoms with Crippen molar-refractivity contribution < 1.29 is 57.1 Å². The second-order valence-electron chi connectivity index (χ2n) is 16.0. The van der Waals surface area contributed by atoms with Gasteiger partial charge in [-0.2, -0.15) is 5.10 Å². The van der Waals surface area contributed by atoms with E-state index in [4.69, 9.17) is 60.3 Å². The second-order valence-corrected chi connectivity index (χ2v) is 16.4. The molecule has 20 nitrogen and oxygen atoms in total. The van der Waals surface area contributed by atoms with E-state index in [9.17, 15) is 19.2 Å². The van der Waals surface area contributed by atoms with Crippen molar-refractivity contribution in [2.24, 2.45) is 0 Å². The van der Waals surface area contributed by atoms with Gasteiger partial charge >= 0.3 is 18.2 Å². The van der Waals surface area contributed by atoms with Crippen molar-refractivity contribution >= 4 is 52.5 Å². The normalized spacial score (nSPS) is 13.7. The van der Waals surface area contributed by atoms with Crippen molar-refractivity contribution in [2.75, 3.05) is 110 Å². The minimum absolute atomic E-state index is 0.0272. The number of nitrogens with one attached hydrogen (secondary N) is 2. The fourth-order valence-electron chi connectivity index (χ4n) is 7.13. The molecule has 0 unspecified atom stereocenters. The van der Waals surface area contributed by atoms with Gasteiger partial charge in [0.25, 0.3) is 0 Å². The lowest BCUT2D eigenvalue weighted by Crippen LogP contribution is -2.40. The van der Waals surface area contributed by atoms with E-state index in [0.717, 1.165) is 49.8 Å². The number of unbranched alkanes of at least 4 members (excludes halogenated alkanes) is 3. The molecule has 3 heterocycles. The molecule has 0 radical (unpaired) electrons. The van der Waals surface area contributed by atoms with Crippen LogP contribution in [-0.4, -0.2) is 153 Å². The zero-order chi connectivity index (χ0) is 50.1. The minimum Gasteiger partial charge on any atom is -0.461 e. The zero-order valence-corrected chi connectivity index (χ0v) is 41.0. The van der Waals surface area contributed by atoms with Crippen LogP contribution in [0.3, 0.4) is 0 Å². The number of para-hydroxylation sites is 1. The first kappa shape index (κ1) is 55.6. The number of nitrogens with zero attached hydrogens (tertiary/aromatic N) is 5. The number of carbonyl (C=O) groups is 4. The molecule has 4 aromatic rings. The summed E-state index contributed by atoms with van der Waals surface area (Å²) < 4.78 is 44.9. The second kappa shape index (κ2) is 33.3. The van der Waals surface area contributed by atoms with Gasteiger partial charge in [-0.1, -0.05) is 37.1 Å². The molecule has 2 aromatic heterocycles. The third kappa shape index (κ3) is 21.3. The number of alkyl carbamates (subject to hydrolysis) is 2. The zero-order valence-electron chi connectivity index (χ0n) is 40.2. The summed E-state index contributed by atoms with van der Waals surface area (Å²) in [6.07, 6.45) is 12.8. The number of piperidine rings is 1. The molecule has 0 bridgehead atoms. The first-order chi connectivity index (χ1) is 34.8. The van der Waals surface area contributed by atoms with Gasteiger partial charge in [0.2, 0.25) is 5.91 Å². The third-order valence-electron chi connectivity index (χ3n) is 10.7. The Balaban J connectivity index is 0.848. The Morgan fingerprint density at radius 3 is 2.17 bits per heavy atom. The molecule has 71 heavy (non-hydrogen) atoms. The van der Waals surface area contributed by atoms with E-state index in [0.29, 0.717) is 106 Å². The van der Waals surface area contributed by atoms with E-state index in [1.54, 1.807) is 23.1 Å². The summed E-state index contributed by atoms with van der Waals surface area (Å²) in [5, 5.41) is 10.8. The highest BCUT2D eigenvalue weighted by molar-refractivity contribution is 6.17. The molecule has 5 rings (SSSR count). The predicted molar refractivity (Wildman–Crippen MR) is 266 cm³/mol. The van der Waals surface area contributed by atoms with Crippen LogP contribution in [0.4, 0.5) is 15.4 Å². The standard InChI is InChI=1S/C50H67ClN8O12/c51-22-6-1-2-7-26-64-31-33-66-30-24-54-50(63)70-36-35-67-34-32-65-27-12-17-44(61)68-28-8-9-29-69-49(62)53-23-10-16-43(60)58-25-11-13-40(37-58)59-48-45(47(52)55-38-56-48)46(57-59)39-18-20-42(21-19-39)71-41-14-4-3-5-15-41/h3-5,8-10,14-16,18-21,38,40H,1-2,6-7,11-13,17,22-37H2,(H,53,62)(H,54,63)(H2,52,55,56)/b9-8+,16-10+/t40-/m1/s1. The summed E-state index contributed by atoms with van der Waals surface area (Å²) in [5.41, 5.74) is 8.42. The maximum atomic E-state index is 13.2. The number of esters is 1. The van der Waals surface area contributed by atoms with Crippen molar-refractivity contribution in [3.05, 3.63) is 85.2 Å². The lowest BCUT2D eigenvalue weighted by molar-refractivity contribution is -0.142. The number of carbonyl (C=O) groups excluding carboxylic acids is 4. The fraction of sp³-hybridized carbons (Fsp3) is 0.500. The molecule has 2 aromatic carbocycles. The monoisotopic (exact) mass is 1010 g/mol. The number of likely N-dealkylation sites (tertiary alicyclic amines) is 1. The molecule has 0 saturated carbocycles. The number of anilines is 1.